The Balaban J connectivity index is 2.11. The Morgan fingerprint density at radius 2 is 2.05 bits per heavy atom. The van der Waals surface area contributed by atoms with Gasteiger partial charge in [-0.3, -0.25) is 4.98 Å². The second-order valence-corrected chi connectivity index (χ2v) is 5.57. The molecule has 4 nitrogen and oxygen atoms in total. The van der Waals surface area contributed by atoms with E-state index in [4.69, 9.17) is 0 Å². The van der Waals surface area contributed by atoms with Crippen molar-refractivity contribution in [3.8, 4) is 0 Å². The fourth-order valence-electron chi connectivity index (χ4n) is 3.00. The van der Waals surface area contributed by atoms with Gasteiger partial charge in [0, 0.05) is 12.6 Å². The fourth-order valence-corrected chi connectivity index (χ4v) is 3.00. The highest BCUT2D eigenvalue weighted by Gasteiger charge is 2.21. The minimum absolute atomic E-state index is 0.163. The molecule has 0 aromatic carbocycles. The van der Waals surface area contributed by atoms with Gasteiger partial charge in [-0.1, -0.05) is 26.2 Å². The minimum Gasteiger partial charge on any atom is -0.395 e. The van der Waals surface area contributed by atoms with Gasteiger partial charge in [0.05, 0.1) is 30.3 Å². The molecule has 0 unspecified atom stereocenters. The lowest BCUT2D eigenvalue weighted by atomic mass is 9.94. The van der Waals surface area contributed by atoms with Crippen LogP contribution < -0.4 is 4.90 Å². The van der Waals surface area contributed by atoms with Crippen LogP contribution in [-0.2, 0) is 0 Å². The van der Waals surface area contributed by atoms with Crippen molar-refractivity contribution < 1.29 is 10.2 Å². The van der Waals surface area contributed by atoms with Crippen LogP contribution in [0.1, 0.15) is 57.2 Å². The van der Waals surface area contributed by atoms with Crippen LogP contribution in [0, 0.1) is 0 Å². The predicted molar refractivity (Wildman–Crippen MR) is 80.8 cm³/mol. The SMILES string of the molecule is CC[C@H](O)c1ccc(N(CCO)C2CCCCC2)cn1. The molecule has 1 aliphatic rings. The molecule has 4 heteroatoms. The van der Waals surface area contributed by atoms with Crippen LogP contribution in [0.15, 0.2) is 18.3 Å². The van der Waals surface area contributed by atoms with E-state index in [9.17, 15) is 10.2 Å². The van der Waals surface area contributed by atoms with Gasteiger partial charge in [-0.05, 0) is 31.4 Å². The van der Waals surface area contributed by atoms with Crippen molar-refractivity contribution in [3.63, 3.8) is 0 Å². The van der Waals surface area contributed by atoms with Gasteiger partial charge < -0.3 is 15.1 Å². The molecule has 1 fully saturated rings. The van der Waals surface area contributed by atoms with Gasteiger partial charge in [0.25, 0.3) is 0 Å². The summed E-state index contributed by atoms with van der Waals surface area (Å²) in [6.45, 7) is 2.76. The quantitative estimate of drug-likeness (QED) is 0.840. The third-order valence-electron chi connectivity index (χ3n) is 4.19. The molecule has 1 aromatic rings. The summed E-state index contributed by atoms with van der Waals surface area (Å²) in [6, 6.07) is 4.43. The van der Waals surface area contributed by atoms with Gasteiger partial charge in [-0.25, -0.2) is 0 Å². The zero-order valence-corrected chi connectivity index (χ0v) is 12.3. The third kappa shape index (κ3) is 3.70. The lowest BCUT2D eigenvalue weighted by Crippen LogP contribution is -2.38. The van der Waals surface area contributed by atoms with E-state index in [1.54, 1.807) is 0 Å². The summed E-state index contributed by atoms with van der Waals surface area (Å²) in [4.78, 5) is 6.65. The van der Waals surface area contributed by atoms with Crippen LogP contribution in [0.4, 0.5) is 5.69 Å². The molecule has 2 N–H and O–H groups in total. The van der Waals surface area contributed by atoms with Gasteiger partial charge >= 0.3 is 0 Å². The first-order chi connectivity index (χ1) is 9.76. The van der Waals surface area contributed by atoms with Crippen molar-refractivity contribution in [3.05, 3.63) is 24.0 Å². The topological polar surface area (TPSA) is 56.6 Å². The maximum atomic E-state index is 9.79. The molecule has 20 heavy (non-hydrogen) atoms. The van der Waals surface area contributed by atoms with Crippen molar-refractivity contribution in [2.45, 2.75) is 57.6 Å². The lowest BCUT2D eigenvalue weighted by molar-refractivity contribution is 0.169. The fraction of sp³-hybridized carbons (Fsp3) is 0.688. The van der Waals surface area contributed by atoms with E-state index >= 15 is 0 Å². The first-order valence-electron chi connectivity index (χ1n) is 7.77. The maximum absolute atomic E-state index is 9.79. The summed E-state index contributed by atoms with van der Waals surface area (Å²) >= 11 is 0. The number of rotatable bonds is 6. The Bertz CT molecular complexity index is 388. The van der Waals surface area contributed by atoms with Crippen LogP contribution in [0.3, 0.4) is 0 Å². The Morgan fingerprint density at radius 3 is 2.60 bits per heavy atom. The van der Waals surface area contributed by atoms with Crippen LogP contribution in [-0.4, -0.2) is 34.4 Å². The van der Waals surface area contributed by atoms with E-state index in [1.807, 2.05) is 25.3 Å². The molecule has 0 aliphatic heterocycles. The zero-order valence-electron chi connectivity index (χ0n) is 12.3. The molecular formula is C16H26N2O2. The lowest BCUT2D eigenvalue weighted by Gasteiger charge is -2.35. The summed E-state index contributed by atoms with van der Waals surface area (Å²) in [5.41, 5.74) is 1.78. The number of anilines is 1. The van der Waals surface area contributed by atoms with Crippen molar-refractivity contribution in [2.24, 2.45) is 0 Å². The average Bonchev–Trinajstić information content (AvgIpc) is 2.53. The average molecular weight is 278 g/mol. The van der Waals surface area contributed by atoms with Gasteiger partial charge in [-0.15, -0.1) is 0 Å². The highest BCUT2D eigenvalue weighted by Crippen LogP contribution is 2.27. The smallest absolute Gasteiger partial charge is 0.0957 e. The van der Waals surface area contributed by atoms with E-state index in [-0.39, 0.29) is 6.61 Å². The van der Waals surface area contributed by atoms with Gasteiger partial charge in [0.2, 0.25) is 0 Å². The van der Waals surface area contributed by atoms with E-state index < -0.39 is 6.10 Å². The summed E-state index contributed by atoms with van der Waals surface area (Å²) < 4.78 is 0. The van der Waals surface area contributed by atoms with Gasteiger partial charge in [0.15, 0.2) is 0 Å². The molecule has 1 aromatic heterocycles. The number of aliphatic hydroxyl groups excluding tert-OH is 2. The van der Waals surface area contributed by atoms with E-state index in [1.165, 1.54) is 32.1 Å². The second kappa shape index (κ2) is 7.60. The van der Waals surface area contributed by atoms with Gasteiger partial charge in [-0.2, -0.15) is 0 Å². The number of pyridine rings is 1. The second-order valence-electron chi connectivity index (χ2n) is 5.57. The number of aliphatic hydroxyl groups is 2. The van der Waals surface area contributed by atoms with Crippen molar-refractivity contribution in [2.75, 3.05) is 18.1 Å². The summed E-state index contributed by atoms with van der Waals surface area (Å²) in [6.07, 6.45) is 8.28. The number of hydrogen-bond acceptors (Lipinski definition) is 4. The summed E-state index contributed by atoms with van der Waals surface area (Å²) in [7, 11) is 0. The van der Waals surface area contributed by atoms with Crippen LogP contribution in [0.2, 0.25) is 0 Å². The largest absolute Gasteiger partial charge is 0.395 e. The Labute approximate surface area is 121 Å². The van der Waals surface area contributed by atoms with E-state index in [0.29, 0.717) is 19.0 Å². The number of hydrogen-bond donors (Lipinski definition) is 2. The zero-order chi connectivity index (χ0) is 14.4. The Kier molecular flexibility index (Phi) is 5.80. The first-order valence-corrected chi connectivity index (χ1v) is 7.77. The molecule has 0 saturated heterocycles. The highest BCUT2D eigenvalue weighted by atomic mass is 16.3. The molecule has 0 bridgehead atoms. The molecule has 1 saturated carbocycles. The number of nitrogens with zero attached hydrogens (tertiary/aromatic N) is 2. The first kappa shape index (κ1) is 15.3. The molecule has 0 radical (unpaired) electrons. The Morgan fingerprint density at radius 1 is 1.30 bits per heavy atom. The monoisotopic (exact) mass is 278 g/mol. The summed E-state index contributed by atoms with van der Waals surface area (Å²) in [5.74, 6) is 0. The van der Waals surface area contributed by atoms with E-state index in [0.717, 1.165) is 11.4 Å². The van der Waals surface area contributed by atoms with Crippen molar-refractivity contribution >= 4 is 5.69 Å². The maximum Gasteiger partial charge on any atom is 0.0957 e. The van der Waals surface area contributed by atoms with Crippen molar-refractivity contribution in [1.29, 1.82) is 0 Å². The molecule has 1 aliphatic carbocycles. The normalized spacial score (nSPS) is 17.9. The van der Waals surface area contributed by atoms with E-state index in [2.05, 4.69) is 9.88 Å². The highest BCUT2D eigenvalue weighted by molar-refractivity contribution is 5.46. The number of aromatic nitrogens is 1. The van der Waals surface area contributed by atoms with Crippen molar-refractivity contribution in [1.82, 2.24) is 4.98 Å². The van der Waals surface area contributed by atoms with Crippen LogP contribution in [0.5, 0.6) is 0 Å². The Hall–Kier alpha value is -1.13. The van der Waals surface area contributed by atoms with Crippen LogP contribution in [0.25, 0.3) is 0 Å². The molecule has 0 amide bonds. The molecule has 1 heterocycles. The third-order valence-corrected chi connectivity index (χ3v) is 4.19. The summed E-state index contributed by atoms with van der Waals surface area (Å²) in [5, 5.41) is 19.1. The molecule has 0 spiro atoms. The van der Waals surface area contributed by atoms with Crippen LogP contribution >= 0.6 is 0 Å². The molecular weight excluding hydrogens is 252 g/mol. The molecule has 2 rings (SSSR count). The predicted octanol–water partition coefficient (Wildman–Crippen LogP) is 2.66. The minimum atomic E-state index is -0.481. The standard InChI is InChI=1S/C16H26N2O2/c1-2-16(20)15-9-8-14(12-17-15)18(10-11-19)13-6-4-3-5-7-13/h8-9,12-13,16,19-20H,2-7,10-11H2,1H3/t16-/m0/s1. The molecule has 1 atom stereocenters. The molecule has 112 valence electrons. The van der Waals surface area contributed by atoms with Gasteiger partial charge in [0.1, 0.15) is 0 Å².